The number of halogens is 2. The van der Waals surface area contributed by atoms with E-state index in [0.717, 1.165) is 12.8 Å². The summed E-state index contributed by atoms with van der Waals surface area (Å²) in [5, 5.41) is 3.40. The van der Waals surface area contributed by atoms with Crippen molar-refractivity contribution in [1.29, 1.82) is 0 Å². The summed E-state index contributed by atoms with van der Waals surface area (Å²) in [6.45, 7) is 0. The largest absolute Gasteiger partial charge is 0.313 e. The molecule has 96 valence electrons. The summed E-state index contributed by atoms with van der Waals surface area (Å²) in [6.07, 6.45) is 2.19. The van der Waals surface area contributed by atoms with Crippen molar-refractivity contribution >= 4 is 43.2 Å². The second-order valence-electron chi connectivity index (χ2n) is 4.15. The summed E-state index contributed by atoms with van der Waals surface area (Å²) in [5.74, 6) is 0. The molecule has 1 nitrogen and oxygen atoms in total. The van der Waals surface area contributed by atoms with Gasteiger partial charge < -0.3 is 5.32 Å². The van der Waals surface area contributed by atoms with Crippen LogP contribution in [0.2, 0.25) is 0 Å². The van der Waals surface area contributed by atoms with E-state index < -0.39 is 0 Å². The van der Waals surface area contributed by atoms with Crippen molar-refractivity contribution in [1.82, 2.24) is 5.32 Å². The van der Waals surface area contributed by atoms with E-state index in [9.17, 15) is 0 Å². The first-order valence-corrected chi connectivity index (χ1v) is 8.27. The van der Waals surface area contributed by atoms with E-state index in [1.54, 1.807) is 11.3 Å². The minimum absolute atomic E-state index is 0.391. The Labute approximate surface area is 129 Å². The van der Waals surface area contributed by atoms with E-state index in [2.05, 4.69) is 73.6 Å². The van der Waals surface area contributed by atoms with Crippen LogP contribution in [0, 0.1) is 0 Å². The van der Waals surface area contributed by atoms with Crippen molar-refractivity contribution in [3.8, 4) is 0 Å². The average molecular weight is 389 g/mol. The molecule has 0 aliphatic heterocycles. The summed E-state index contributed by atoms with van der Waals surface area (Å²) < 4.78 is 2.38. The van der Waals surface area contributed by atoms with Crippen molar-refractivity contribution in [2.75, 3.05) is 7.05 Å². The highest BCUT2D eigenvalue weighted by Crippen LogP contribution is 2.36. The van der Waals surface area contributed by atoms with E-state index in [1.807, 2.05) is 7.05 Å². The highest BCUT2D eigenvalue weighted by molar-refractivity contribution is 9.12. The lowest BCUT2D eigenvalue weighted by atomic mass is 10.0. The number of hydrogen-bond donors (Lipinski definition) is 1. The van der Waals surface area contributed by atoms with Crippen LogP contribution in [0.25, 0.3) is 0 Å². The molecule has 0 radical (unpaired) electrons. The van der Waals surface area contributed by atoms with E-state index in [4.69, 9.17) is 0 Å². The zero-order chi connectivity index (χ0) is 13.0. The van der Waals surface area contributed by atoms with Gasteiger partial charge in [-0.15, -0.1) is 11.3 Å². The van der Waals surface area contributed by atoms with Gasteiger partial charge in [0.1, 0.15) is 0 Å². The molecule has 1 heterocycles. The first-order valence-electron chi connectivity index (χ1n) is 5.86. The minimum atomic E-state index is 0.391. The van der Waals surface area contributed by atoms with Crippen LogP contribution in [-0.2, 0) is 6.42 Å². The van der Waals surface area contributed by atoms with Gasteiger partial charge in [0.15, 0.2) is 0 Å². The van der Waals surface area contributed by atoms with Gasteiger partial charge in [-0.05, 0) is 68.9 Å². The van der Waals surface area contributed by atoms with Gasteiger partial charge in [0.25, 0.3) is 0 Å². The van der Waals surface area contributed by atoms with Crippen LogP contribution in [0.1, 0.15) is 23.6 Å². The lowest BCUT2D eigenvalue weighted by molar-refractivity contribution is 0.549. The number of hydrogen-bond acceptors (Lipinski definition) is 2. The molecule has 0 bridgehead atoms. The molecule has 0 saturated carbocycles. The molecule has 2 aromatic rings. The molecule has 1 unspecified atom stereocenters. The third-order valence-electron chi connectivity index (χ3n) is 2.97. The van der Waals surface area contributed by atoms with Crippen LogP contribution in [-0.4, -0.2) is 7.05 Å². The van der Waals surface area contributed by atoms with E-state index in [-0.39, 0.29) is 0 Å². The zero-order valence-electron chi connectivity index (χ0n) is 10.1. The molecule has 1 atom stereocenters. The number of thiophene rings is 1. The minimum Gasteiger partial charge on any atom is -0.313 e. The number of rotatable bonds is 5. The van der Waals surface area contributed by atoms with Crippen LogP contribution in [0.3, 0.4) is 0 Å². The molecule has 4 heteroatoms. The normalized spacial score (nSPS) is 12.6. The van der Waals surface area contributed by atoms with Gasteiger partial charge in [0.2, 0.25) is 0 Å². The first-order chi connectivity index (χ1) is 8.70. The Morgan fingerprint density at radius 1 is 1.22 bits per heavy atom. The topological polar surface area (TPSA) is 12.0 Å². The van der Waals surface area contributed by atoms with Crippen LogP contribution in [0.5, 0.6) is 0 Å². The van der Waals surface area contributed by atoms with Gasteiger partial charge in [-0.3, -0.25) is 0 Å². The smallest absolute Gasteiger partial charge is 0.0758 e. The molecule has 0 spiro atoms. The summed E-state index contributed by atoms with van der Waals surface area (Å²) in [4.78, 5) is 0. The molecule has 0 aliphatic rings. The third-order valence-corrected chi connectivity index (χ3v) is 5.36. The molecule has 2 rings (SSSR count). The van der Waals surface area contributed by atoms with Gasteiger partial charge in [-0.1, -0.05) is 30.3 Å². The fraction of sp³-hybridized carbons (Fsp3) is 0.286. The fourth-order valence-corrected chi connectivity index (χ4v) is 4.98. The second-order valence-corrected chi connectivity index (χ2v) is 7.89. The van der Waals surface area contributed by atoms with E-state index in [0.29, 0.717) is 6.04 Å². The summed E-state index contributed by atoms with van der Waals surface area (Å²) in [6, 6.07) is 13.2. The standard InChI is InChI=1S/C14H15Br2NS/c1-17-12(11-9-13(15)18-14(11)16)8-7-10-5-3-2-4-6-10/h2-6,9,12,17H,7-8H2,1H3. The molecule has 0 fully saturated rings. The number of aryl methyl sites for hydroxylation is 1. The molecule has 0 aliphatic carbocycles. The fourth-order valence-electron chi connectivity index (χ4n) is 2.00. The molecule has 0 saturated heterocycles. The molecule has 1 N–H and O–H groups in total. The predicted molar refractivity (Wildman–Crippen MR) is 86.3 cm³/mol. The van der Waals surface area contributed by atoms with Gasteiger partial charge in [-0.2, -0.15) is 0 Å². The Hall–Kier alpha value is -0.160. The summed E-state index contributed by atoms with van der Waals surface area (Å²) >= 11 is 8.90. The molecular formula is C14H15Br2NS. The highest BCUT2D eigenvalue weighted by atomic mass is 79.9. The quantitative estimate of drug-likeness (QED) is 0.745. The van der Waals surface area contributed by atoms with E-state index in [1.165, 1.54) is 18.7 Å². The first kappa shape index (κ1) is 14.3. The van der Waals surface area contributed by atoms with Crippen LogP contribution < -0.4 is 5.32 Å². The molecule has 0 amide bonds. The van der Waals surface area contributed by atoms with Crippen molar-refractivity contribution < 1.29 is 0 Å². The summed E-state index contributed by atoms with van der Waals surface area (Å²) in [5.41, 5.74) is 2.73. The van der Waals surface area contributed by atoms with Gasteiger partial charge >= 0.3 is 0 Å². The van der Waals surface area contributed by atoms with Crippen LogP contribution in [0.15, 0.2) is 44.0 Å². The molecule has 1 aromatic heterocycles. The predicted octanol–water partition coefficient (Wildman–Crippen LogP) is 5.17. The Balaban J connectivity index is 2.04. The average Bonchev–Trinajstić information content (AvgIpc) is 2.71. The Morgan fingerprint density at radius 2 is 1.94 bits per heavy atom. The second kappa shape index (κ2) is 6.85. The molecule has 1 aromatic carbocycles. The van der Waals surface area contributed by atoms with Crippen LogP contribution in [0.4, 0.5) is 0 Å². The number of nitrogens with one attached hydrogen (secondary N) is 1. The maximum absolute atomic E-state index is 3.63. The van der Waals surface area contributed by atoms with Crippen molar-refractivity contribution in [2.45, 2.75) is 18.9 Å². The summed E-state index contributed by atoms with van der Waals surface area (Å²) in [7, 11) is 2.02. The third kappa shape index (κ3) is 3.67. The van der Waals surface area contributed by atoms with Gasteiger partial charge in [-0.25, -0.2) is 0 Å². The molecular weight excluding hydrogens is 374 g/mol. The Kier molecular flexibility index (Phi) is 5.42. The maximum atomic E-state index is 3.63. The van der Waals surface area contributed by atoms with Crippen LogP contribution >= 0.6 is 43.2 Å². The van der Waals surface area contributed by atoms with Gasteiger partial charge in [0, 0.05) is 6.04 Å². The van der Waals surface area contributed by atoms with Crippen molar-refractivity contribution in [3.05, 3.63) is 55.1 Å². The Bertz CT molecular complexity index is 496. The monoisotopic (exact) mass is 387 g/mol. The van der Waals surface area contributed by atoms with Crippen molar-refractivity contribution in [3.63, 3.8) is 0 Å². The maximum Gasteiger partial charge on any atom is 0.0758 e. The zero-order valence-corrected chi connectivity index (χ0v) is 14.1. The lowest BCUT2D eigenvalue weighted by Gasteiger charge is -2.15. The SMILES string of the molecule is CNC(CCc1ccccc1)c1cc(Br)sc1Br. The molecule has 18 heavy (non-hydrogen) atoms. The highest BCUT2D eigenvalue weighted by Gasteiger charge is 2.15. The van der Waals surface area contributed by atoms with Crippen molar-refractivity contribution in [2.24, 2.45) is 0 Å². The Morgan fingerprint density at radius 3 is 2.50 bits per heavy atom. The lowest BCUT2D eigenvalue weighted by Crippen LogP contribution is -2.16. The number of benzene rings is 1. The van der Waals surface area contributed by atoms with Gasteiger partial charge in [0.05, 0.1) is 7.57 Å². The van der Waals surface area contributed by atoms with E-state index >= 15 is 0 Å².